The Kier molecular flexibility index (Phi) is 8.31. The summed E-state index contributed by atoms with van der Waals surface area (Å²) < 4.78 is 0. The van der Waals surface area contributed by atoms with Gasteiger partial charge in [0.1, 0.15) is 0 Å². The molecular formula is C19H38N2O2. The molecule has 0 amide bonds. The lowest BCUT2D eigenvalue weighted by Gasteiger charge is -2.40. The number of rotatable bonds is 8. The molecule has 0 aromatic carbocycles. The molecule has 2 rings (SSSR count). The lowest BCUT2D eigenvalue weighted by atomic mass is 9.95. The summed E-state index contributed by atoms with van der Waals surface area (Å²) in [5.74, 6) is 0. The van der Waals surface area contributed by atoms with Gasteiger partial charge in [0.25, 0.3) is 0 Å². The molecule has 2 fully saturated rings. The van der Waals surface area contributed by atoms with Crippen LogP contribution in [0.25, 0.3) is 0 Å². The normalized spacial score (nSPS) is 30.3. The molecule has 0 aromatic heterocycles. The Morgan fingerprint density at radius 3 is 1.61 bits per heavy atom. The molecule has 2 aliphatic heterocycles. The fraction of sp³-hybridized carbons (Fsp3) is 1.00. The minimum Gasteiger partial charge on any atom is -0.392 e. The van der Waals surface area contributed by atoms with E-state index in [-0.39, 0.29) is 12.2 Å². The van der Waals surface area contributed by atoms with Gasteiger partial charge in [-0.05, 0) is 71.1 Å². The average Bonchev–Trinajstić information content (AvgIpc) is 2.61. The molecule has 0 aliphatic carbocycles. The van der Waals surface area contributed by atoms with Crippen LogP contribution >= 0.6 is 0 Å². The first kappa shape index (κ1) is 19.2. The Morgan fingerprint density at radius 2 is 1.22 bits per heavy atom. The van der Waals surface area contributed by atoms with Crippen molar-refractivity contribution in [3.05, 3.63) is 0 Å². The number of piperidine rings is 2. The molecule has 136 valence electrons. The molecule has 0 bridgehead atoms. The van der Waals surface area contributed by atoms with E-state index in [1.807, 2.05) is 0 Å². The summed E-state index contributed by atoms with van der Waals surface area (Å²) in [6.45, 7) is 8.63. The van der Waals surface area contributed by atoms with E-state index in [0.29, 0.717) is 12.1 Å². The van der Waals surface area contributed by atoms with Gasteiger partial charge in [-0.1, -0.05) is 26.7 Å². The molecule has 23 heavy (non-hydrogen) atoms. The van der Waals surface area contributed by atoms with Crippen molar-refractivity contribution in [2.45, 2.75) is 95.9 Å². The van der Waals surface area contributed by atoms with Crippen molar-refractivity contribution < 1.29 is 10.2 Å². The molecule has 0 saturated carbocycles. The Balaban J connectivity index is 1.80. The van der Waals surface area contributed by atoms with E-state index in [4.69, 9.17) is 0 Å². The van der Waals surface area contributed by atoms with Crippen molar-refractivity contribution in [1.29, 1.82) is 0 Å². The fourth-order valence-corrected chi connectivity index (χ4v) is 4.48. The van der Waals surface area contributed by atoms with Gasteiger partial charge in [0.2, 0.25) is 0 Å². The van der Waals surface area contributed by atoms with Crippen LogP contribution in [0.2, 0.25) is 0 Å². The summed E-state index contributed by atoms with van der Waals surface area (Å²) in [5.41, 5.74) is 0. The largest absolute Gasteiger partial charge is 0.392 e. The highest BCUT2D eigenvalue weighted by atomic mass is 16.3. The van der Waals surface area contributed by atoms with Crippen LogP contribution < -0.4 is 0 Å². The van der Waals surface area contributed by atoms with Crippen LogP contribution in [0.3, 0.4) is 0 Å². The van der Waals surface area contributed by atoms with Gasteiger partial charge in [0, 0.05) is 12.1 Å². The Bertz CT molecular complexity index is 296. The van der Waals surface area contributed by atoms with Gasteiger partial charge in [-0.2, -0.15) is 0 Å². The zero-order valence-corrected chi connectivity index (χ0v) is 15.3. The highest BCUT2D eigenvalue weighted by Gasteiger charge is 2.29. The molecule has 2 aliphatic rings. The van der Waals surface area contributed by atoms with Crippen LogP contribution in [-0.4, -0.2) is 70.5 Å². The summed E-state index contributed by atoms with van der Waals surface area (Å²) >= 11 is 0. The third-order valence-electron chi connectivity index (χ3n) is 5.94. The predicted molar refractivity (Wildman–Crippen MR) is 95.6 cm³/mol. The highest BCUT2D eigenvalue weighted by Crippen LogP contribution is 2.23. The summed E-state index contributed by atoms with van der Waals surface area (Å²) in [4.78, 5) is 5.04. The van der Waals surface area contributed by atoms with Crippen molar-refractivity contribution in [3.63, 3.8) is 0 Å². The zero-order chi connectivity index (χ0) is 16.7. The number of likely N-dealkylation sites (tertiary alicyclic amines) is 2. The molecule has 4 heteroatoms. The first-order valence-electron chi connectivity index (χ1n) is 10.0. The number of aliphatic hydroxyl groups is 2. The quantitative estimate of drug-likeness (QED) is 0.720. The standard InChI is InChI=1S/C19H38N2O2/c1-3-18(22)16-10-5-7-12-20(16)14-9-15-21-13-8-6-11-17(21)19(23)4-2/h16-19,22-23H,3-15H2,1-2H3. The fourth-order valence-electron chi connectivity index (χ4n) is 4.48. The van der Waals surface area contributed by atoms with Gasteiger partial charge in [-0.15, -0.1) is 0 Å². The maximum atomic E-state index is 10.3. The van der Waals surface area contributed by atoms with Gasteiger partial charge in [-0.25, -0.2) is 0 Å². The second-order valence-corrected chi connectivity index (χ2v) is 7.50. The van der Waals surface area contributed by atoms with Crippen LogP contribution in [0.4, 0.5) is 0 Å². The molecule has 0 aromatic rings. The van der Waals surface area contributed by atoms with Crippen LogP contribution in [0.15, 0.2) is 0 Å². The van der Waals surface area contributed by atoms with Crippen molar-refractivity contribution in [2.75, 3.05) is 26.2 Å². The minimum absolute atomic E-state index is 0.167. The second kappa shape index (κ2) is 9.97. The maximum Gasteiger partial charge on any atom is 0.0692 e. The maximum absolute atomic E-state index is 10.3. The molecule has 4 nitrogen and oxygen atoms in total. The molecule has 0 spiro atoms. The van der Waals surface area contributed by atoms with Gasteiger partial charge in [-0.3, -0.25) is 9.80 Å². The van der Waals surface area contributed by atoms with Gasteiger partial charge < -0.3 is 10.2 Å². The van der Waals surface area contributed by atoms with E-state index in [1.165, 1.54) is 25.7 Å². The van der Waals surface area contributed by atoms with E-state index in [2.05, 4.69) is 23.6 Å². The highest BCUT2D eigenvalue weighted by molar-refractivity contribution is 4.85. The third kappa shape index (κ3) is 5.42. The van der Waals surface area contributed by atoms with Crippen molar-refractivity contribution in [3.8, 4) is 0 Å². The van der Waals surface area contributed by atoms with Gasteiger partial charge >= 0.3 is 0 Å². The summed E-state index contributed by atoms with van der Waals surface area (Å²) in [6.07, 6.45) is 9.90. The van der Waals surface area contributed by atoms with Crippen molar-refractivity contribution in [2.24, 2.45) is 0 Å². The van der Waals surface area contributed by atoms with E-state index in [9.17, 15) is 10.2 Å². The molecular weight excluding hydrogens is 288 g/mol. The van der Waals surface area contributed by atoms with Crippen LogP contribution in [0, 0.1) is 0 Å². The number of hydrogen-bond donors (Lipinski definition) is 2. The SMILES string of the molecule is CCC(O)C1CCCCN1CCCN1CCCCC1C(O)CC. The Morgan fingerprint density at radius 1 is 0.783 bits per heavy atom. The Labute approximate surface area is 142 Å². The number of aliphatic hydroxyl groups excluding tert-OH is 2. The van der Waals surface area contributed by atoms with Gasteiger partial charge in [0.15, 0.2) is 0 Å². The number of hydrogen-bond acceptors (Lipinski definition) is 4. The average molecular weight is 327 g/mol. The molecule has 2 heterocycles. The minimum atomic E-state index is -0.167. The van der Waals surface area contributed by atoms with E-state index < -0.39 is 0 Å². The number of nitrogens with zero attached hydrogens (tertiary/aromatic N) is 2. The lowest BCUT2D eigenvalue weighted by molar-refractivity contribution is 0.00874. The van der Waals surface area contributed by atoms with Crippen molar-refractivity contribution >= 4 is 0 Å². The topological polar surface area (TPSA) is 46.9 Å². The van der Waals surface area contributed by atoms with E-state index >= 15 is 0 Å². The monoisotopic (exact) mass is 326 g/mol. The molecule has 4 atom stereocenters. The molecule has 0 radical (unpaired) electrons. The predicted octanol–water partition coefficient (Wildman–Crippen LogP) is 2.63. The van der Waals surface area contributed by atoms with E-state index in [1.54, 1.807) is 0 Å². The van der Waals surface area contributed by atoms with E-state index in [0.717, 1.165) is 58.3 Å². The zero-order valence-electron chi connectivity index (χ0n) is 15.3. The lowest BCUT2D eigenvalue weighted by Crippen LogP contribution is -2.49. The van der Waals surface area contributed by atoms with Crippen LogP contribution in [0.5, 0.6) is 0 Å². The smallest absolute Gasteiger partial charge is 0.0692 e. The Hall–Kier alpha value is -0.160. The third-order valence-corrected chi connectivity index (χ3v) is 5.94. The van der Waals surface area contributed by atoms with Crippen LogP contribution in [-0.2, 0) is 0 Å². The first-order chi connectivity index (χ1) is 11.2. The van der Waals surface area contributed by atoms with Gasteiger partial charge in [0.05, 0.1) is 12.2 Å². The molecule has 2 N–H and O–H groups in total. The first-order valence-corrected chi connectivity index (χ1v) is 10.0. The van der Waals surface area contributed by atoms with Crippen molar-refractivity contribution in [1.82, 2.24) is 9.80 Å². The molecule has 4 unspecified atom stereocenters. The summed E-state index contributed by atoms with van der Waals surface area (Å²) in [5, 5.41) is 20.5. The summed E-state index contributed by atoms with van der Waals surface area (Å²) in [7, 11) is 0. The van der Waals surface area contributed by atoms with Crippen LogP contribution in [0.1, 0.15) is 71.6 Å². The molecule has 2 saturated heterocycles. The second-order valence-electron chi connectivity index (χ2n) is 7.50. The summed E-state index contributed by atoms with van der Waals surface area (Å²) in [6, 6.07) is 0.735.